The number of hydrogen-bond acceptors (Lipinski definition) is 3. The standard InChI is InChI=1S/C17H21FN2O/c1-4-19-12(2)16-10-9-15(11-17(16)21)20(3)14-7-5-13(18)6-8-14/h5-12,19,21H,4H2,1-3H3. The van der Waals surface area contributed by atoms with E-state index in [4.69, 9.17) is 0 Å². The topological polar surface area (TPSA) is 35.5 Å². The van der Waals surface area contributed by atoms with E-state index >= 15 is 0 Å². The Morgan fingerprint density at radius 2 is 1.76 bits per heavy atom. The van der Waals surface area contributed by atoms with Crippen LogP contribution >= 0.6 is 0 Å². The number of nitrogens with zero attached hydrogens (tertiary/aromatic N) is 1. The molecule has 0 aromatic heterocycles. The maximum Gasteiger partial charge on any atom is 0.123 e. The molecule has 0 saturated heterocycles. The minimum atomic E-state index is -0.259. The van der Waals surface area contributed by atoms with E-state index in [1.165, 1.54) is 12.1 Å². The lowest BCUT2D eigenvalue weighted by Gasteiger charge is -2.21. The molecule has 1 atom stereocenters. The summed E-state index contributed by atoms with van der Waals surface area (Å²) >= 11 is 0. The van der Waals surface area contributed by atoms with Crippen LogP contribution in [0.25, 0.3) is 0 Å². The Bertz CT molecular complexity index is 598. The van der Waals surface area contributed by atoms with Crippen LogP contribution in [0.4, 0.5) is 15.8 Å². The first kappa shape index (κ1) is 15.3. The molecule has 0 saturated carbocycles. The summed E-state index contributed by atoms with van der Waals surface area (Å²) in [6, 6.07) is 12.0. The van der Waals surface area contributed by atoms with Crippen LogP contribution in [-0.4, -0.2) is 18.7 Å². The minimum absolute atomic E-state index is 0.0974. The zero-order chi connectivity index (χ0) is 15.4. The SMILES string of the molecule is CCNC(C)c1ccc(N(C)c2ccc(F)cc2)cc1O. The van der Waals surface area contributed by atoms with Gasteiger partial charge in [-0.25, -0.2) is 4.39 Å². The Morgan fingerprint density at radius 1 is 1.14 bits per heavy atom. The monoisotopic (exact) mass is 288 g/mol. The molecule has 2 aromatic rings. The maximum atomic E-state index is 13.0. The van der Waals surface area contributed by atoms with Crippen molar-refractivity contribution in [1.29, 1.82) is 0 Å². The smallest absolute Gasteiger partial charge is 0.123 e. The lowest BCUT2D eigenvalue weighted by Crippen LogP contribution is -2.18. The van der Waals surface area contributed by atoms with Crippen LogP contribution in [0.5, 0.6) is 5.75 Å². The Balaban J connectivity index is 2.25. The van der Waals surface area contributed by atoms with Gasteiger partial charge in [0, 0.05) is 36.1 Å². The first-order valence-corrected chi connectivity index (χ1v) is 7.08. The van der Waals surface area contributed by atoms with E-state index in [1.807, 2.05) is 37.9 Å². The summed E-state index contributed by atoms with van der Waals surface area (Å²) < 4.78 is 13.0. The third-order valence-corrected chi connectivity index (χ3v) is 3.59. The fraction of sp³-hybridized carbons (Fsp3) is 0.294. The van der Waals surface area contributed by atoms with Gasteiger partial charge in [-0.2, -0.15) is 0 Å². The summed E-state index contributed by atoms with van der Waals surface area (Å²) in [6.45, 7) is 4.89. The van der Waals surface area contributed by atoms with Crippen molar-refractivity contribution in [3.8, 4) is 5.75 Å². The third-order valence-electron chi connectivity index (χ3n) is 3.59. The normalized spacial score (nSPS) is 12.2. The molecule has 2 rings (SSSR count). The number of nitrogens with one attached hydrogen (secondary N) is 1. The molecule has 3 nitrogen and oxygen atoms in total. The quantitative estimate of drug-likeness (QED) is 0.874. The van der Waals surface area contributed by atoms with Crippen molar-refractivity contribution in [1.82, 2.24) is 5.32 Å². The van der Waals surface area contributed by atoms with Gasteiger partial charge in [0.1, 0.15) is 11.6 Å². The molecule has 0 aliphatic rings. The van der Waals surface area contributed by atoms with Gasteiger partial charge < -0.3 is 15.3 Å². The van der Waals surface area contributed by atoms with Gasteiger partial charge in [-0.15, -0.1) is 0 Å². The van der Waals surface area contributed by atoms with Crippen LogP contribution in [0, 0.1) is 5.82 Å². The van der Waals surface area contributed by atoms with Gasteiger partial charge in [-0.1, -0.05) is 13.0 Å². The highest BCUT2D eigenvalue weighted by molar-refractivity contribution is 5.64. The second-order valence-electron chi connectivity index (χ2n) is 5.06. The van der Waals surface area contributed by atoms with E-state index in [1.54, 1.807) is 18.2 Å². The number of rotatable bonds is 5. The van der Waals surface area contributed by atoms with Crippen LogP contribution in [0.2, 0.25) is 0 Å². The van der Waals surface area contributed by atoms with Crippen LogP contribution < -0.4 is 10.2 Å². The molecule has 0 radical (unpaired) electrons. The summed E-state index contributed by atoms with van der Waals surface area (Å²) in [6.07, 6.45) is 0. The van der Waals surface area contributed by atoms with Gasteiger partial charge in [-0.3, -0.25) is 0 Å². The fourth-order valence-electron chi connectivity index (χ4n) is 2.34. The average Bonchev–Trinajstić information content (AvgIpc) is 2.47. The molecule has 0 bridgehead atoms. The summed E-state index contributed by atoms with van der Waals surface area (Å²) in [4.78, 5) is 1.90. The Hall–Kier alpha value is -2.07. The number of phenolic OH excluding ortho intramolecular Hbond substituents is 1. The molecule has 4 heteroatoms. The maximum absolute atomic E-state index is 13.0. The lowest BCUT2D eigenvalue weighted by atomic mass is 10.1. The van der Waals surface area contributed by atoms with Gasteiger partial charge in [0.25, 0.3) is 0 Å². The number of hydrogen-bond donors (Lipinski definition) is 2. The fourth-order valence-corrected chi connectivity index (χ4v) is 2.34. The van der Waals surface area contributed by atoms with Crippen molar-refractivity contribution in [2.45, 2.75) is 19.9 Å². The van der Waals surface area contributed by atoms with Crippen LogP contribution in [0.3, 0.4) is 0 Å². The molecule has 0 amide bonds. The van der Waals surface area contributed by atoms with Gasteiger partial charge in [-0.05, 0) is 43.8 Å². The molecule has 0 aliphatic heterocycles. The second-order valence-corrected chi connectivity index (χ2v) is 5.06. The van der Waals surface area contributed by atoms with Crippen molar-refractivity contribution < 1.29 is 9.50 Å². The van der Waals surface area contributed by atoms with Gasteiger partial charge in [0.15, 0.2) is 0 Å². The van der Waals surface area contributed by atoms with E-state index in [9.17, 15) is 9.50 Å². The first-order chi connectivity index (χ1) is 10.0. The molecule has 112 valence electrons. The third kappa shape index (κ3) is 3.52. The number of benzene rings is 2. The molecule has 2 aromatic carbocycles. The zero-order valence-corrected chi connectivity index (χ0v) is 12.6. The van der Waals surface area contributed by atoms with E-state index < -0.39 is 0 Å². The first-order valence-electron chi connectivity index (χ1n) is 7.08. The zero-order valence-electron chi connectivity index (χ0n) is 12.6. The summed E-state index contributed by atoms with van der Waals surface area (Å²) in [5, 5.41) is 13.5. The molecule has 2 N–H and O–H groups in total. The van der Waals surface area contributed by atoms with Crippen molar-refractivity contribution >= 4 is 11.4 Å². The number of halogens is 1. The van der Waals surface area contributed by atoms with Crippen molar-refractivity contribution in [3.63, 3.8) is 0 Å². The highest BCUT2D eigenvalue weighted by Crippen LogP contribution is 2.31. The van der Waals surface area contributed by atoms with Crippen molar-refractivity contribution in [2.75, 3.05) is 18.5 Å². The molecule has 0 fully saturated rings. The minimum Gasteiger partial charge on any atom is -0.508 e. The van der Waals surface area contributed by atoms with Crippen molar-refractivity contribution in [2.24, 2.45) is 0 Å². The van der Waals surface area contributed by atoms with Gasteiger partial charge >= 0.3 is 0 Å². The van der Waals surface area contributed by atoms with E-state index in [-0.39, 0.29) is 17.6 Å². The summed E-state index contributed by atoms with van der Waals surface area (Å²) in [7, 11) is 1.88. The highest BCUT2D eigenvalue weighted by atomic mass is 19.1. The van der Waals surface area contributed by atoms with Gasteiger partial charge in [0.2, 0.25) is 0 Å². The molecule has 0 heterocycles. The van der Waals surface area contributed by atoms with Crippen LogP contribution in [0.1, 0.15) is 25.5 Å². The predicted octanol–water partition coefficient (Wildman–Crippen LogP) is 3.97. The van der Waals surface area contributed by atoms with Crippen molar-refractivity contribution in [3.05, 3.63) is 53.8 Å². The second kappa shape index (κ2) is 6.59. The van der Waals surface area contributed by atoms with E-state index in [0.717, 1.165) is 23.5 Å². The summed E-state index contributed by atoms with van der Waals surface area (Å²) in [5.41, 5.74) is 2.59. The predicted molar refractivity (Wildman–Crippen MR) is 84.7 cm³/mol. The van der Waals surface area contributed by atoms with Crippen LogP contribution in [-0.2, 0) is 0 Å². The number of aromatic hydroxyl groups is 1. The summed E-state index contributed by atoms with van der Waals surface area (Å²) in [5.74, 6) is -0.000258. The molecular formula is C17H21FN2O. The molecular weight excluding hydrogens is 267 g/mol. The number of anilines is 2. The molecule has 1 unspecified atom stereocenters. The Labute approximate surface area is 125 Å². The van der Waals surface area contributed by atoms with E-state index in [0.29, 0.717) is 0 Å². The molecule has 21 heavy (non-hydrogen) atoms. The molecule has 0 spiro atoms. The number of phenols is 1. The highest BCUT2D eigenvalue weighted by Gasteiger charge is 2.12. The molecule has 0 aliphatic carbocycles. The van der Waals surface area contributed by atoms with E-state index in [2.05, 4.69) is 5.32 Å². The van der Waals surface area contributed by atoms with Gasteiger partial charge in [0.05, 0.1) is 0 Å². The Morgan fingerprint density at radius 3 is 2.33 bits per heavy atom. The lowest BCUT2D eigenvalue weighted by molar-refractivity contribution is 0.455. The Kier molecular flexibility index (Phi) is 4.81. The largest absolute Gasteiger partial charge is 0.508 e. The van der Waals surface area contributed by atoms with Crippen LogP contribution in [0.15, 0.2) is 42.5 Å². The average molecular weight is 288 g/mol.